The topological polar surface area (TPSA) is 0 Å². The molecule has 430 valence electrons. The van der Waals surface area contributed by atoms with Crippen molar-refractivity contribution in [2.75, 3.05) is 0 Å². The van der Waals surface area contributed by atoms with Crippen molar-refractivity contribution in [3.63, 3.8) is 0 Å². The first kappa shape index (κ1) is 53.4. The van der Waals surface area contributed by atoms with Crippen molar-refractivity contribution in [3.8, 4) is 77.9 Å². The van der Waals surface area contributed by atoms with Gasteiger partial charge in [0.25, 0.3) is 0 Å². The third-order valence-corrected chi connectivity index (χ3v) is 21.5. The highest BCUT2D eigenvalue weighted by Crippen LogP contribution is 2.58. The Morgan fingerprint density at radius 2 is 0.407 bits per heavy atom. The van der Waals surface area contributed by atoms with E-state index in [9.17, 15) is 0 Å². The molecule has 3 aliphatic rings. The standard InChI is InChI=1S/C47H32.C44H34/c1-47(2)43-25-24-30(46-37-22-12-10-20-35(37)45(29-14-4-3-5-15-29)36-21-11-13-23-38(36)46)26-41(43)42-27-39-33-18-8-6-16-31(33)32-17-7-9-19-34(32)40(39)28-44(42)47;1-43(2)37-21-13-12-16-29(37)35-25-40-36(26-39(35)43)34-24-28(22-23-38(34)44(40,3)4)42-32-19-10-8-17-30(32)41(27-14-6-5-7-15-27)31-18-9-11-20-33(31)42/h3-28H,1-2H3;5-26H,1-4H3. The van der Waals surface area contributed by atoms with E-state index in [1.807, 2.05) is 0 Å². The fourth-order valence-electron chi connectivity index (χ4n) is 17.1. The Kier molecular flexibility index (Phi) is 11.5. The summed E-state index contributed by atoms with van der Waals surface area (Å²) in [6.45, 7) is 14.4. The zero-order valence-electron chi connectivity index (χ0n) is 52.2. The van der Waals surface area contributed by atoms with E-state index in [0.29, 0.717) is 0 Å². The van der Waals surface area contributed by atoms with E-state index in [4.69, 9.17) is 0 Å². The molecule has 0 bridgehead atoms. The molecule has 16 aromatic carbocycles. The van der Waals surface area contributed by atoms with Gasteiger partial charge < -0.3 is 0 Å². The van der Waals surface area contributed by atoms with Crippen LogP contribution in [0.5, 0.6) is 0 Å². The van der Waals surface area contributed by atoms with Crippen LogP contribution in [0, 0.1) is 0 Å². The minimum atomic E-state index is -0.106. The Balaban J connectivity index is 0.000000135. The highest BCUT2D eigenvalue weighted by atomic mass is 14.5. The van der Waals surface area contributed by atoms with Gasteiger partial charge in [-0.1, -0.05) is 296 Å². The van der Waals surface area contributed by atoms with Gasteiger partial charge >= 0.3 is 0 Å². The van der Waals surface area contributed by atoms with Gasteiger partial charge in [0.2, 0.25) is 0 Å². The van der Waals surface area contributed by atoms with Crippen LogP contribution in [0.25, 0.3) is 153 Å². The van der Waals surface area contributed by atoms with Crippen LogP contribution in [0.4, 0.5) is 0 Å². The second-order valence-electron chi connectivity index (χ2n) is 27.3. The molecule has 19 rings (SSSR count). The monoisotopic (exact) mass is 1160 g/mol. The van der Waals surface area contributed by atoms with Gasteiger partial charge in [-0.15, -0.1) is 0 Å². The number of fused-ring (bicyclic) bond motifs is 19. The molecular weight excluding hydrogens is 1090 g/mol. The fourth-order valence-corrected chi connectivity index (χ4v) is 17.1. The van der Waals surface area contributed by atoms with E-state index in [-0.39, 0.29) is 16.2 Å². The smallest absolute Gasteiger partial charge is 0.0159 e. The molecule has 0 spiro atoms. The summed E-state index contributed by atoms with van der Waals surface area (Å²) in [5.74, 6) is 0. The van der Waals surface area contributed by atoms with Crippen molar-refractivity contribution in [3.05, 3.63) is 325 Å². The van der Waals surface area contributed by atoms with E-state index >= 15 is 0 Å². The summed E-state index contributed by atoms with van der Waals surface area (Å²) in [5.41, 5.74) is 26.9. The Morgan fingerprint density at radius 3 is 0.791 bits per heavy atom. The predicted octanol–water partition coefficient (Wildman–Crippen LogP) is 25.0. The number of hydrogen-bond donors (Lipinski definition) is 0. The summed E-state index contributed by atoms with van der Waals surface area (Å²) in [4.78, 5) is 0. The highest BCUT2D eigenvalue weighted by molar-refractivity contribution is 6.27. The molecule has 0 aromatic heterocycles. The molecule has 0 N–H and O–H groups in total. The summed E-state index contributed by atoms with van der Waals surface area (Å²) in [5, 5.41) is 18.3. The molecule has 16 aromatic rings. The molecule has 0 heterocycles. The van der Waals surface area contributed by atoms with Gasteiger partial charge in [-0.2, -0.15) is 0 Å². The van der Waals surface area contributed by atoms with Gasteiger partial charge in [0.05, 0.1) is 0 Å². The van der Waals surface area contributed by atoms with Crippen LogP contribution in [0.2, 0.25) is 0 Å². The normalized spacial score (nSPS) is 14.3. The van der Waals surface area contributed by atoms with Gasteiger partial charge in [0, 0.05) is 16.2 Å². The van der Waals surface area contributed by atoms with Gasteiger partial charge in [0.15, 0.2) is 0 Å². The van der Waals surface area contributed by atoms with Crippen LogP contribution in [0.1, 0.15) is 74.9 Å². The maximum atomic E-state index is 2.52. The molecule has 0 heteroatoms. The minimum Gasteiger partial charge on any atom is -0.0622 e. The predicted molar refractivity (Wildman–Crippen MR) is 390 cm³/mol. The van der Waals surface area contributed by atoms with E-state index in [2.05, 4.69) is 333 Å². The fraction of sp³-hybridized carbons (Fsp3) is 0.0989. The molecule has 0 nitrogen and oxygen atoms in total. The van der Waals surface area contributed by atoms with E-state index in [1.165, 1.54) is 187 Å². The van der Waals surface area contributed by atoms with Crippen molar-refractivity contribution in [1.29, 1.82) is 0 Å². The molecule has 0 atom stereocenters. The Hall–Kier alpha value is -10.7. The van der Waals surface area contributed by atoms with E-state index < -0.39 is 0 Å². The first-order chi connectivity index (χ1) is 44.4. The largest absolute Gasteiger partial charge is 0.0622 e. The van der Waals surface area contributed by atoms with Gasteiger partial charge in [-0.25, -0.2) is 0 Å². The Morgan fingerprint density at radius 1 is 0.154 bits per heavy atom. The molecule has 0 aliphatic heterocycles. The van der Waals surface area contributed by atoms with Crippen LogP contribution in [0.3, 0.4) is 0 Å². The summed E-state index contributed by atoms with van der Waals surface area (Å²) >= 11 is 0. The zero-order valence-corrected chi connectivity index (χ0v) is 52.2. The third kappa shape index (κ3) is 7.69. The van der Waals surface area contributed by atoms with Crippen molar-refractivity contribution < 1.29 is 0 Å². The number of benzene rings is 16. The van der Waals surface area contributed by atoms with Crippen LogP contribution in [0.15, 0.2) is 291 Å². The SMILES string of the molecule is CC1(C)c2ccc(-c3c4ccccc4c(-c4ccccc4)c4ccccc34)cc2-c2cc3c4ccccc4c4ccccc4c3cc21.CC1(C)c2ccccc2-c2cc3c(cc21)-c1cc(-c2c4ccccc4c(-c4ccccc4)c4ccccc24)ccc1C3(C)C. The van der Waals surface area contributed by atoms with Crippen LogP contribution in [-0.2, 0) is 16.2 Å². The molecule has 0 saturated heterocycles. The number of rotatable bonds is 4. The summed E-state index contributed by atoms with van der Waals surface area (Å²) < 4.78 is 0. The minimum absolute atomic E-state index is 0.0227. The molecule has 0 fully saturated rings. The third-order valence-electron chi connectivity index (χ3n) is 21.5. The molecule has 0 amide bonds. The summed E-state index contributed by atoms with van der Waals surface area (Å²) in [7, 11) is 0. The lowest BCUT2D eigenvalue weighted by Crippen LogP contribution is -2.16. The van der Waals surface area contributed by atoms with E-state index in [1.54, 1.807) is 0 Å². The second kappa shape index (κ2) is 19.7. The Bertz CT molecular complexity index is 5660. The first-order valence-corrected chi connectivity index (χ1v) is 32.4. The lowest BCUT2D eigenvalue weighted by atomic mass is 9.79. The summed E-state index contributed by atoms with van der Waals surface area (Å²) in [6.07, 6.45) is 0. The van der Waals surface area contributed by atoms with Crippen LogP contribution in [-0.4, -0.2) is 0 Å². The maximum Gasteiger partial charge on any atom is 0.0159 e. The van der Waals surface area contributed by atoms with Gasteiger partial charge in [-0.05, 0) is 223 Å². The highest BCUT2D eigenvalue weighted by Gasteiger charge is 2.42. The van der Waals surface area contributed by atoms with Crippen molar-refractivity contribution in [2.24, 2.45) is 0 Å². The average Bonchev–Trinajstić information content (AvgIpc) is 1.61. The van der Waals surface area contributed by atoms with Gasteiger partial charge in [0.1, 0.15) is 0 Å². The van der Waals surface area contributed by atoms with E-state index in [0.717, 1.165) is 0 Å². The van der Waals surface area contributed by atoms with Crippen molar-refractivity contribution in [2.45, 2.75) is 57.8 Å². The lowest BCUT2D eigenvalue weighted by Gasteiger charge is -2.24. The molecular formula is C91H66. The molecule has 0 radical (unpaired) electrons. The quantitative estimate of drug-likeness (QED) is 0.122. The molecule has 91 heavy (non-hydrogen) atoms. The van der Waals surface area contributed by atoms with Crippen molar-refractivity contribution in [1.82, 2.24) is 0 Å². The van der Waals surface area contributed by atoms with Crippen LogP contribution < -0.4 is 0 Å². The lowest BCUT2D eigenvalue weighted by molar-refractivity contribution is 0.652. The average molecular weight is 1160 g/mol. The molecule has 3 aliphatic carbocycles. The summed E-state index contributed by atoms with van der Waals surface area (Å²) in [6, 6.07) is 109. The van der Waals surface area contributed by atoms with Crippen LogP contribution >= 0.6 is 0 Å². The second-order valence-corrected chi connectivity index (χ2v) is 27.3. The van der Waals surface area contributed by atoms with Crippen molar-refractivity contribution >= 4 is 75.4 Å². The number of hydrogen-bond acceptors (Lipinski definition) is 0. The van der Waals surface area contributed by atoms with Gasteiger partial charge in [-0.3, -0.25) is 0 Å². The first-order valence-electron chi connectivity index (χ1n) is 32.4. The molecule has 0 saturated carbocycles. The molecule has 0 unspecified atom stereocenters. The zero-order chi connectivity index (χ0) is 61.1. The maximum absolute atomic E-state index is 2.52. The Labute approximate surface area is 532 Å².